The molecule has 0 aliphatic heterocycles. The molecule has 1 heterocycles. The van der Waals surface area contributed by atoms with Gasteiger partial charge in [-0.1, -0.05) is 31.2 Å². The van der Waals surface area contributed by atoms with Gasteiger partial charge in [0.1, 0.15) is 0 Å². The van der Waals surface area contributed by atoms with Crippen molar-refractivity contribution < 1.29 is 9.90 Å². The van der Waals surface area contributed by atoms with Crippen LogP contribution in [0, 0.1) is 0 Å². The Morgan fingerprint density at radius 1 is 1.29 bits per heavy atom. The Balaban J connectivity index is 2.11. The van der Waals surface area contributed by atoms with E-state index in [0.717, 1.165) is 12.0 Å². The van der Waals surface area contributed by atoms with Crippen LogP contribution >= 0.6 is 0 Å². The van der Waals surface area contributed by atoms with Crippen molar-refractivity contribution in [1.82, 2.24) is 4.98 Å². The van der Waals surface area contributed by atoms with Gasteiger partial charge in [-0.25, -0.2) is 0 Å². The van der Waals surface area contributed by atoms with Crippen molar-refractivity contribution in [1.29, 1.82) is 0 Å². The summed E-state index contributed by atoms with van der Waals surface area (Å²) >= 11 is 0. The Kier molecular flexibility index (Phi) is 5.06. The summed E-state index contributed by atoms with van der Waals surface area (Å²) in [5.41, 5.74) is 3.44. The van der Waals surface area contributed by atoms with Crippen LogP contribution in [0.4, 0.5) is 5.69 Å². The van der Waals surface area contributed by atoms with Crippen molar-refractivity contribution >= 4 is 11.6 Å². The summed E-state index contributed by atoms with van der Waals surface area (Å²) in [5.74, 6) is -0.371. The lowest BCUT2D eigenvalue weighted by atomic mass is 9.98. The van der Waals surface area contributed by atoms with Gasteiger partial charge in [-0.05, 0) is 30.5 Å². The molecule has 110 valence electrons. The molecule has 2 rings (SSSR count). The number of hydrogen-bond donors (Lipinski definition) is 2. The summed E-state index contributed by atoms with van der Waals surface area (Å²) in [6, 6.07) is 9.75. The summed E-state index contributed by atoms with van der Waals surface area (Å²) in [7, 11) is 0. The predicted molar refractivity (Wildman–Crippen MR) is 83.0 cm³/mol. The van der Waals surface area contributed by atoms with Crippen LogP contribution in [0.15, 0.2) is 42.7 Å². The van der Waals surface area contributed by atoms with Gasteiger partial charge < -0.3 is 10.4 Å². The molecule has 4 nitrogen and oxygen atoms in total. The lowest BCUT2D eigenvalue weighted by Gasteiger charge is -2.14. The number of aliphatic hydroxyl groups excluding tert-OH is 1. The van der Waals surface area contributed by atoms with E-state index in [1.54, 1.807) is 18.5 Å². The van der Waals surface area contributed by atoms with E-state index in [-0.39, 0.29) is 18.4 Å². The van der Waals surface area contributed by atoms with E-state index in [1.807, 2.05) is 31.2 Å². The number of hydrogen-bond acceptors (Lipinski definition) is 3. The van der Waals surface area contributed by atoms with E-state index in [9.17, 15) is 9.90 Å². The molecule has 0 aliphatic carbocycles. The highest BCUT2D eigenvalue weighted by Crippen LogP contribution is 2.20. The molecule has 1 aromatic carbocycles. The lowest BCUT2D eigenvalue weighted by Crippen LogP contribution is -2.19. The maximum absolute atomic E-state index is 12.3. The molecule has 0 spiro atoms. The second-order valence-corrected chi connectivity index (χ2v) is 5.00. The van der Waals surface area contributed by atoms with E-state index in [0.29, 0.717) is 11.3 Å². The summed E-state index contributed by atoms with van der Waals surface area (Å²) in [6.45, 7) is 3.84. The topological polar surface area (TPSA) is 62.2 Å². The van der Waals surface area contributed by atoms with E-state index < -0.39 is 0 Å². The second kappa shape index (κ2) is 6.99. The van der Waals surface area contributed by atoms with Gasteiger partial charge in [0.15, 0.2) is 0 Å². The van der Waals surface area contributed by atoms with E-state index in [2.05, 4.69) is 17.2 Å². The minimum atomic E-state index is -0.261. The van der Waals surface area contributed by atoms with E-state index in [1.165, 1.54) is 5.56 Å². The number of rotatable bonds is 5. The van der Waals surface area contributed by atoms with Gasteiger partial charge >= 0.3 is 0 Å². The molecule has 4 heteroatoms. The fourth-order valence-electron chi connectivity index (χ4n) is 2.11. The molecule has 0 aliphatic rings. The predicted octanol–water partition coefficient (Wildman–Crippen LogP) is 2.88. The molecule has 21 heavy (non-hydrogen) atoms. The Bertz CT molecular complexity index is 608. The summed E-state index contributed by atoms with van der Waals surface area (Å²) < 4.78 is 0. The van der Waals surface area contributed by atoms with Gasteiger partial charge in [0.05, 0.1) is 24.4 Å². The Morgan fingerprint density at radius 2 is 2.00 bits per heavy atom. The molecule has 0 saturated carbocycles. The monoisotopic (exact) mass is 284 g/mol. The van der Waals surface area contributed by atoms with Gasteiger partial charge in [0.25, 0.3) is 0 Å². The normalized spacial score (nSPS) is 12.0. The fourth-order valence-corrected chi connectivity index (χ4v) is 2.11. The van der Waals surface area contributed by atoms with Gasteiger partial charge in [-0.2, -0.15) is 0 Å². The van der Waals surface area contributed by atoms with Crippen LogP contribution in [0.1, 0.15) is 36.5 Å². The van der Waals surface area contributed by atoms with Gasteiger partial charge in [0, 0.05) is 11.8 Å². The lowest BCUT2D eigenvalue weighted by molar-refractivity contribution is -0.117. The van der Waals surface area contributed by atoms with Crippen molar-refractivity contribution in [2.24, 2.45) is 0 Å². The molecule has 2 aromatic rings. The molecule has 1 amide bonds. The van der Waals surface area contributed by atoms with Crippen molar-refractivity contribution in [2.75, 3.05) is 5.32 Å². The first kappa shape index (κ1) is 15.2. The highest BCUT2D eigenvalue weighted by Gasteiger charge is 2.16. The van der Waals surface area contributed by atoms with Crippen LogP contribution in [-0.4, -0.2) is 16.0 Å². The van der Waals surface area contributed by atoms with Crippen LogP contribution in [0.25, 0.3) is 0 Å². The average Bonchev–Trinajstić information content (AvgIpc) is 2.54. The van der Waals surface area contributed by atoms with Crippen LogP contribution in [0.3, 0.4) is 0 Å². The quantitative estimate of drug-likeness (QED) is 0.887. The van der Waals surface area contributed by atoms with Gasteiger partial charge in [0.2, 0.25) is 5.91 Å². The summed E-state index contributed by atoms with van der Waals surface area (Å²) in [6.07, 6.45) is 4.13. The largest absolute Gasteiger partial charge is 0.392 e. The molecule has 0 radical (unpaired) electrons. The first-order valence-corrected chi connectivity index (χ1v) is 7.09. The molecule has 1 unspecified atom stereocenters. The molecule has 1 atom stereocenters. The van der Waals surface area contributed by atoms with Crippen LogP contribution < -0.4 is 5.32 Å². The third-order valence-electron chi connectivity index (χ3n) is 3.62. The second-order valence-electron chi connectivity index (χ2n) is 5.00. The summed E-state index contributed by atoms with van der Waals surface area (Å²) in [5, 5.41) is 12.1. The zero-order valence-electron chi connectivity index (χ0n) is 12.3. The average molecular weight is 284 g/mol. The number of carbonyl (C=O) groups excluding carboxylic acids is 1. The number of nitrogens with zero attached hydrogens (tertiary/aromatic N) is 1. The zero-order chi connectivity index (χ0) is 15.2. The maximum atomic E-state index is 12.3. The molecule has 0 saturated heterocycles. The first-order chi connectivity index (χ1) is 10.2. The van der Waals surface area contributed by atoms with Gasteiger partial charge in [-0.15, -0.1) is 0 Å². The fraction of sp³-hybridized carbons (Fsp3) is 0.294. The van der Waals surface area contributed by atoms with Crippen LogP contribution in [0.2, 0.25) is 0 Å². The van der Waals surface area contributed by atoms with Crippen molar-refractivity contribution in [3.05, 3.63) is 59.4 Å². The number of aromatic nitrogens is 1. The molecule has 2 N–H and O–H groups in total. The molecular weight excluding hydrogens is 264 g/mol. The third-order valence-corrected chi connectivity index (χ3v) is 3.62. The summed E-state index contributed by atoms with van der Waals surface area (Å²) in [4.78, 5) is 16.3. The molecule has 1 aromatic heterocycles. The minimum absolute atomic E-state index is 0.109. The standard InChI is InChI=1S/C17H20N2O2/c1-3-13-4-6-14(7-5-13)12(2)17(21)19-16-10-18-9-8-15(16)11-20/h4-10,12,20H,3,11H2,1-2H3,(H,19,21). The van der Waals surface area contributed by atoms with E-state index >= 15 is 0 Å². The number of nitrogens with one attached hydrogen (secondary N) is 1. The maximum Gasteiger partial charge on any atom is 0.231 e. The van der Waals surface area contributed by atoms with Gasteiger partial charge in [-0.3, -0.25) is 9.78 Å². The number of carbonyl (C=O) groups is 1. The third kappa shape index (κ3) is 3.67. The number of benzene rings is 1. The number of amides is 1. The first-order valence-electron chi connectivity index (χ1n) is 7.09. The Hall–Kier alpha value is -2.20. The van der Waals surface area contributed by atoms with Crippen LogP contribution in [-0.2, 0) is 17.8 Å². The Labute approximate surface area is 124 Å². The van der Waals surface area contributed by atoms with Crippen LogP contribution in [0.5, 0.6) is 0 Å². The number of anilines is 1. The number of aliphatic hydroxyl groups is 1. The molecular formula is C17H20N2O2. The SMILES string of the molecule is CCc1ccc(C(C)C(=O)Nc2cnccc2CO)cc1. The molecule has 0 bridgehead atoms. The highest BCUT2D eigenvalue weighted by molar-refractivity contribution is 5.96. The zero-order valence-corrected chi connectivity index (χ0v) is 12.3. The molecule has 0 fully saturated rings. The number of aryl methyl sites for hydroxylation is 1. The van der Waals surface area contributed by atoms with E-state index in [4.69, 9.17) is 0 Å². The number of pyridine rings is 1. The highest BCUT2D eigenvalue weighted by atomic mass is 16.3. The minimum Gasteiger partial charge on any atom is -0.392 e. The van der Waals surface area contributed by atoms with Crippen molar-refractivity contribution in [3.8, 4) is 0 Å². The Morgan fingerprint density at radius 3 is 2.62 bits per heavy atom. The van der Waals surface area contributed by atoms with Crippen molar-refractivity contribution in [2.45, 2.75) is 32.8 Å². The van der Waals surface area contributed by atoms with Crippen molar-refractivity contribution in [3.63, 3.8) is 0 Å². The smallest absolute Gasteiger partial charge is 0.231 e.